The van der Waals surface area contributed by atoms with Gasteiger partial charge in [0.1, 0.15) is 0 Å². The van der Waals surface area contributed by atoms with Gasteiger partial charge in [-0.05, 0) is 43.0 Å². The van der Waals surface area contributed by atoms with E-state index in [4.69, 9.17) is 0 Å². The first-order chi connectivity index (χ1) is 10.2. The van der Waals surface area contributed by atoms with Crippen molar-refractivity contribution in [2.24, 2.45) is 0 Å². The van der Waals surface area contributed by atoms with Crippen LogP contribution in [-0.4, -0.2) is 0 Å². The molecule has 0 amide bonds. The van der Waals surface area contributed by atoms with Gasteiger partial charge in [-0.15, -0.1) is 0 Å². The summed E-state index contributed by atoms with van der Waals surface area (Å²) in [4.78, 5) is 0. The molecule has 0 fully saturated rings. The standard InChI is InChI=1S/C15H18.3C2H6/c1-5-7-14(8-6-2)15-10-9-12(3)13(4)11-15;3*1-2/h5-11H,1H2,2-4H3;3*1-2H3/b8-6-,14-7+;;;. The molecule has 0 saturated carbocycles. The van der Waals surface area contributed by atoms with Gasteiger partial charge in [-0.25, -0.2) is 0 Å². The van der Waals surface area contributed by atoms with E-state index >= 15 is 0 Å². The smallest absolute Gasteiger partial charge is 0.0181 e. The van der Waals surface area contributed by atoms with Crippen molar-refractivity contribution in [3.63, 3.8) is 0 Å². The van der Waals surface area contributed by atoms with Crippen molar-refractivity contribution in [1.29, 1.82) is 0 Å². The first-order valence-electron chi connectivity index (χ1n) is 8.22. The van der Waals surface area contributed by atoms with Crippen LogP contribution in [0.5, 0.6) is 0 Å². The molecule has 120 valence electrons. The third-order valence-electron chi connectivity index (χ3n) is 2.48. The summed E-state index contributed by atoms with van der Waals surface area (Å²) in [5.74, 6) is 0. The van der Waals surface area contributed by atoms with Crippen LogP contribution in [0.3, 0.4) is 0 Å². The van der Waals surface area contributed by atoms with Crippen molar-refractivity contribution in [2.75, 3.05) is 0 Å². The number of hydrogen-bond donors (Lipinski definition) is 0. The average molecular weight is 289 g/mol. The predicted molar refractivity (Wildman–Crippen MR) is 103 cm³/mol. The third-order valence-corrected chi connectivity index (χ3v) is 2.48. The molecule has 0 aromatic heterocycles. The van der Waals surface area contributed by atoms with Crippen molar-refractivity contribution in [1.82, 2.24) is 0 Å². The second-order valence-corrected chi connectivity index (χ2v) is 3.66. The Labute approximate surface area is 134 Å². The Hall–Kier alpha value is -1.56. The number of hydrogen-bond acceptors (Lipinski definition) is 0. The Kier molecular flexibility index (Phi) is 21.5. The van der Waals surface area contributed by atoms with Gasteiger partial charge >= 0.3 is 0 Å². The van der Waals surface area contributed by atoms with E-state index < -0.39 is 0 Å². The zero-order valence-electron chi connectivity index (χ0n) is 15.7. The molecule has 0 saturated heterocycles. The summed E-state index contributed by atoms with van der Waals surface area (Å²) < 4.78 is 0. The maximum Gasteiger partial charge on any atom is -0.0181 e. The van der Waals surface area contributed by atoms with Gasteiger partial charge in [0, 0.05) is 0 Å². The van der Waals surface area contributed by atoms with Crippen molar-refractivity contribution < 1.29 is 0 Å². The first kappa shape index (κ1) is 24.5. The van der Waals surface area contributed by atoms with E-state index in [1.165, 1.54) is 22.3 Å². The van der Waals surface area contributed by atoms with Gasteiger partial charge in [-0.3, -0.25) is 0 Å². The molecule has 21 heavy (non-hydrogen) atoms. The second kappa shape index (κ2) is 18.4. The molecule has 1 rings (SSSR count). The van der Waals surface area contributed by atoms with Crippen LogP contribution in [0.2, 0.25) is 0 Å². The topological polar surface area (TPSA) is 0 Å². The Morgan fingerprint density at radius 1 is 0.905 bits per heavy atom. The van der Waals surface area contributed by atoms with E-state index in [0.29, 0.717) is 0 Å². The molecule has 0 atom stereocenters. The highest BCUT2D eigenvalue weighted by Crippen LogP contribution is 2.19. The fraction of sp³-hybridized carbons (Fsp3) is 0.429. The maximum atomic E-state index is 3.74. The van der Waals surface area contributed by atoms with E-state index in [1.807, 2.05) is 66.7 Å². The fourth-order valence-electron chi connectivity index (χ4n) is 1.48. The van der Waals surface area contributed by atoms with Crippen molar-refractivity contribution in [2.45, 2.75) is 62.3 Å². The minimum absolute atomic E-state index is 1.20. The van der Waals surface area contributed by atoms with Gasteiger partial charge < -0.3 is 0 Å². The average Bonchev–Trinajstić information content (AvgIpc) is 2.56. The zero-order chi connectivity index (χ0) is 17.3. The summed E-state index contributed by atoms with van der Waals surface area (Å²) in [7, 11) is 0. The molecule has 1 aromatic carbocycles. The van der Waals surface area contributed by atoms with Crippen LogP contribution >= 0.6 is 0 Å². The summed E-state index contributed by atoms with van der Waals surface area (Å²) in [6, 6.07) is 6.52. The molecule has 0 nitrogen and oxygen atoms in total. The number of allylic oxidation sites excluding steroid dienone is 5. The van der Waals surface area contributed by atoms with Gasteiger partial charge in [0.15, 0.2) is 0 Å². The van der Waals surface area contributed by atoms with E-state index in [0.717, 1.165) is 0 Å². The minimum atomic E-state index is 1.20. The maximum absolute atomic E-state index is 3.74. The number of benzene rings is 1. The quantitative estimate of drug-likeness (QED) is 0.504. The van der Waals surface area contributed by atoms with E-state index in [2.05, 4.69) is 44.7 Å². The van der Waals surface area contributed by atoms with Crippen LogP contribution in [0.1, 0.15) is 65.2 Å². The van der Waals surface area contributed by atoms with Crippen molar-refractivity contribution in [3.05, 3.63) is 65.8 Å². The normalized spacial score (nSPS) is 9.48. The molecule has 0 radical (unpaired) electrons. The molecule has 0 heteroatoms. The first-order valence-corrected chi connectivity index (χ1v) is 8.22. The van der Waals surface area contributed by atoms with Crippen LogP contribution in [-0.2, 0) is 0 Å². The molecule has 0 heterocycles. The van der Waals surface area contributed by atoms with Crippen LogP contribution in [0.15, 0.2) is 49.1 Å². The predicted octanol–water partition coefficient (Wildman–Crippen LogP) is 7.53. The van der Waals surface area contributed by atoms with Crippen molar-refractivity contribution >= 4 is 5.57 Å². The molecular formula is C21H36. The van der Waals surface area contributed by atoms with Gasteiger partial charge in [0.2, 0.25) is 0 Å². The fourth-order valence-corrected chi connectivity index (χ4v) is 1.48. The Morgan fingerprint density at radius 2 is 1.43 bits per heavy atom. The van der Waals surface area contributed by atoms with E-state index in [-0.39, 0.29) is 0 Å². The monoisotopic (exact) mass is 288 g/mol. The molecule has 0 aliphatic heterocycles. The lowest BCUT2D eigenvalue weighted by molar-refractivity contribution is 1.33. The lowest BCUT2D eigenvalue weighted by atomic mass is 10.00. The molecule has 0 N–H and O–H groups in total. The number of aryl methyl sites for hydroxylation is 2. The summed E-state index contributed by atoms with van der Waals surface area (Å²) in [6.07, 6.45) is 8.00. The van der Waals surface area contributed by atoms with E-state index in [9.17, 15) is 0 Å². The Morgan fingerprint density at radius 3 is 1.81 bits per heavy atom. The molecule has 0 aliphatic carbocycles. The van der Waals surface area contributed by atoms with Gasteiger partial charge in [-0.1, -0.05) is 90.6 Å². The molecule has 1 aromatic rings. The third kappa shape index (κ3) is 10.8. The SMILES string of the molecule is C=C/C=C(\C=C/C)c1ccc(C)c(C)c1.CC.CC.CC. The van der Waals surface area contributed by atoms with Crippen LogP contribution in [0.25, 0.3) is 5.57 Å². The highest BCUT2D eigenvalue weighted by atomic mass is 14.0. The second-order valence-electron chi connectivity index (χ2n) is 3.66. The Balaban J connectivity index is -0.000000478. The van der Waals surface area contributed by atoms with Gasteiger partial charge in [0.25, 0.3) is 0 Å². The Bertz CT molecular complexity index is 406. The lowest BCUT2D eigenvalue weighted by Gasteiger charge is -2.05. The van der Waals surface area contributed by atoms with Gasteiger partial charge in [-0.2, -0.15) is 0 Å². The summed E-state index contributed by atoms with van der Waals surface area (Å²) in [6.45, 7) is 22.0. The van der Waals surface area contributed by atoms with E-state index in [1.54, 1.807) is 0 Å². The largest absolute Gasteiger partial charge is 0.0990 e. The summed E-state index contributed by atoms with van der Waals surface area (Å²) in [5.41, 5.74) is 5.11. The van der Waals surface area contributed by atoms with Crippen LogP contribution in [0.4, 0.5) is 0 Å². The molecule has 0 spiro atoms. The molecule has 0 bridgehead atoms. The van der Waals surface area contributed by atoms with Crippen molar-refractivity contribution in [3.8, 4) is 0 Å². The van der Waals surface area contributed by atoms with Crippen LogP contribution in [0, 0.1) is 13.8 Å². The number of rotatable bonds is 3. The molecular weight excluding hydrogens is 252 g/mol. The highest BCUT2D eigenvalue weighted by Gasteiger charge is 1.98. The lowest BCUT2D eigenvalue weighted by Crippen LogP contribution is -1.85. The zero-order valence-corrected chi connectivity index (χ0v) is 15.7. The minimum Gasteiger partial charge on any atom is -0.0990 e. The van der Waals surface area contributed by atoms with Gasteiger partial charge in [0.05, 0.1) is 0 Å². The highest BCUT2D eigenvalue weighted by molar-refractivity contribution is 5.75. The molecule has 0 unspecified atom stereocenters. The molecule has 0 aliphatic rings. The summed E-state index contributed by atoms with van der Waals surface area (Å²) >= 11 is 0. The van der Waals surface area contributed by atoms with Crippen LogP contribution < -0.4 is 0 Å². The summed E-state index contributed by atoms with van der Waals surface area (Å²) in [5, 5.41) is 0.